The molecule has 0 saturated heterocycles. The van der Waals surface area contributed by atoms with Crippen molar-refractivity contribution in [3.05, 3.63) is 89.4 Å². The SMILES string of the molecule is [2H]C1([2H])SC([2H])([2H])c2c(-c3c(F)ccc4c3oc3c(-c5cccc[n+]5C)c(C)ccc34)cccc21. The van der Waals surface area contributed by atoms with E-state index >= 15 is 4.39 Å². The van der Waals surface area contributed by atoms with Crippen LogP contribution in [0.25, 0.3) is 44.3 Å². The van der Waals surface area contributed by atoms with Crippen molar-refractivity contribution in [2.75, 3.05) is 0 Å². The first-order chi connectivity index (χ1) is 16.6. The van der Waals surface area contributed by atoms with Crippen LogP contribution in [0.2, 0.25) is 0 Å². The van der Waals surface area contributed by atoms with Crippen molar-refractivity contribution in [3.8, 4) is 22.4 Å². The summed E-state index contributed by atoms with van der Waals surface area (Å²) in [4.78, 5) is 0. The number of furan rings is 1. The Balaban J connectivity index is 1.73. The van der Waals surface area contributed by atoms with Gasteiger partial charge in [-0.15, -0.1) is 0 Å². The van der Waals surface area contributed by atoms with Gasteiger partial charge in [0.05, 0.1) is 11.1 Å². The van der Waals surface area contributed by atoms with Crippen LogP contribution >= 0.6 is 11.8 Å². The van der Waals surface area contributed by atoms with E-state index in [0.29, 0.717) is 28.5 Å². The third-order valence-corrected chi connectivity index (χ3v) is 6.55. The van der Waals surface area contributed by atoms with Crippen molar-refractivity contribution < 1.29 is 18.9 Å². The van der Waals surface area contributed by atoms with E-state index in [2.05, 4.69) is 0 Å². The fraction of sp³-hybridized carbons (Fsp3) is 0.148. The lowest BCUT2D eigenvalue weighted by Crippen LogP contribution is -2.30. The van der Waals surface area contributed by atoms with Crippen LogP contribution in [0.1, 0.15) is 22.2 Å². The van der Waals surface area contributed by atoms with Crippen molar-refractivity contribution in [1.29, 1.82) is 0 Å². The molecule has 0 fully saturated rings. The maximum atomic E-state index is 15.5. The molecule has 1 aliphatic heterocycles. The molecular formula is C27H21FNOS+. The number of aryl methyl sites for hydroxylation is 2. The molecule has 0 unspecified atom stereocenters. The zero-order valence-electron chi connectivity index (χ0n) is 21.0. The smallest absolute Gasteiger partial charge is 0.216 e. The number of hydrogen-bond acceptors (Lipinski definition) is 2. The molecule has 0 radical (unpaired) electrons. The molecule has 6 rings (SSSR count). The zero-order valence-corrected chi connectivity index (χ0v) is 17.8. The molecule has 0 aliphatic carbocycles. The molecule has 0 bridgehead atoms. The highest BCUT2D eigenvalue weighted by molar-refractivity contribution is 7.98. The molecule has 1 aliphatic rings. The van der Waals surface area contributed by atoms with E-state index in [4.69, 9.17) is 9.90 Å². The highest BCUT2D eigenvalue weighted by Crippen LogP contribution is 2.44. The molecule has 3 aromatic carbocycles. The maximum Gasteiger partial charge on any atom is 0.216 e. The minimum absolute atomic E-state index is 0.152. The van der Waals surface area contributed by atoms with Crippen LogP contribution in [0, 0.1) is 12.7 Å². The molecule has 31 heavy (non-hydrogen) atoms. The number of fused-ring (bicyclic) bond motifs is 4. The van der Waals surface area contributed by atoms with E-state index in [0.717, 1.165) is 27.6 Å². The van der Waals surface area contributed by atoms with Crippen LogP contribution in [-0.2, 0) is 18.5 Å². The Morgan fingerprint density at radius 1 is 0.935 bits per heavy atom. The molecule has 2 aromatic heterocycles. The minimum Gasteiger partial charge on any atom is -0.454 e. The van der Waals surface area contributed by atoms with E-state index in [1.165, 1.54) is 6.07 Å². The van der Waals surface area contributed by atoms with Crippen molar-refractivity contribution >= 4 is 33.7 Å². The molecule has 3 heterocycles. The Bertz CT molecular complexity index is 1680. The lowest BCUT2D eigenvalue weighted by molar-refractivity contribution is -0.660. The van der Waals surface area contributed by atoms with Crippen molar-refractivity contribution in [1.82, 2.24) is 0 Å². The summed E-state index contributed by atoms with van der Waals surface area (Å²) in [5.41, 5.74) is 0.758. The van der Waals surface area contributed by atoms with Crippen LogP contribution in [0.3, 0.4) is 0 Å². The second-order valence-corrected chi connectivity index (χ2v) is 8.38. The van der Waals surface area contributed by atoms with Gasteiger partial charge in [0.25, 0.3) is 0 Å². The number of benzene rings is 3. The van der Waals surface area contributed by atoms with Crippen molar-refractivity contribution in [2.45, 2.75) is 18.3 Å². The van der Waals surface area contributed by atoms with Gasteiger partial charge in [-0.25, -0.2) is 8.96 Å². The molecule has 0 spiro atoms. The van der Waals surface area contributed by atoms with Gasteiger partial charge in [-0.3, -0.25) is 0 Å². The second kappa shape index (κ2) is 6.96. The number of aromatic nitrogens is 1. The van der Waals surface area contributed by atoms with Gasteiger partial charge < -0.3 is 4.42 Å². The van der Waals surface area contributed by atoms with Crippen molar-refractivity contribution in [2.24, 2.45) is 7.05 Å². The van der Waals surface area contributed by atoms with Gasteiger partial charge in [-0.2, -0.15) is 11.8 Å². The fourth-order valence-electron chi connectivity index (χ4n) is 4.42. The summed E-state index contributed by atoms with van der Waals surface area (Å²) < 4.78 is 57.7. The van der Waals surface area contributed by atoms with E-state index < -0.39 is 17.2 Å². The number of nitrogens with zero attached hydrogens (tertiary/aromatic N) is 1. The third-order valence-electron chi connectivity index (χ3n) is 5.93. The van der Waals surface area contributed by atoms with Crippen LogP contribution < -0.4 is 4.57 Å². The lowest BCUT2D eigenvalue weighted by Gasteiger charge is -2.09. The first-order valence-electron chi connectivity index (χ1n) is 12.0. The summed E-state index contributed by atoms with van der Waals surface area (Å²) in [5, 5.41) is 1.56. The summed E-state index contributed by atoms with van der Waals surface area (Å²) in [6.07, 6.45) is 1.96. The second-order valence-electron chi connectivity index (χ2n) is 7.77. The molecule has 0 saturated carbocycles. The molecular weight excluding hydrogens is 405 g/mol. The predicted octanol–water partition coefficient (Wildman–Crippen LogP) is 6.94. The molecule has 0 N–H and O–H groups in total. The van der Waals surface area contributed by atoms with E-state index in [1.807, 2.05) is 55.1 Å². The highest BCUT2D eigenvalue weighted by atomic mass is 32.2. The van der Waals surface area contributed by atoms with E-state index in [-0.39, 0.29) is 16.7 Å². The van der Waals surface area contributed by atoms with Gasteiger partial charge in [0, 0.05) is 39.8 Å². The Labute approximate surface area is 189 Å². The molecule has 5 aromatic rings. The Morgan fingerprint density at radius 3 is 2.58 bits per heavy atom. The van der Waals surface area contributed by atoms with Gasteiger partial charge in [-0.1, -0.05) is 30.3 Å². The number of pyridine rings is 1. The molecule has 4 heteroatoms. The topological polar surface area (TPSA) is 17.0 Å². The van der Waals surface area contributed by atoms with Crippen molar-refractivity contribution in [3.63, 3.8) is 0 Å². The van der Waals surface area contributed by atoms with Gasteiger partial charge >= 0.3 is 0 Å². The number of hydrogen-bond donors (Lipinski definition) is 0. The third kappa shape index (κ3) is 2.75. The standard InChI is InChI=1S/C27H21FNOS/c1-16-9-10-19-20-11-12-22(28)25(18-7-5-6-17-14-31-15-21(17)18)27(20)30-26(19)24(16)23-8-3-4-13-29(23)2/h3-13H,14-15H2,1-2H3/q+1/i14D2,15D2. The number of halogens is 1. The van der Waals surface area contributed by atoms with E-state index in [1.54, 1.807) is 24.3 Å². The zero-order chi connectivity index (χ0) is 24.7. The van der Waals surface area contributed by atoms with Crippen LogP contribution in [0.15, 0.2) is 71.3 Å². The summed E-state index contributed by atoms with van der Waals surface area (Å²) in [6.45, 7) is 2.01. The van der Waals surface area contributed by atoms with Gasteiger partial charge in [0.1, 0.15) is 24.0 Å². The monoisotopic (exact) mass is 430 g/mol. The summed E-state index contributed by atoms with van der Waals surface area (Å²) in [7, 11) is 1.96. The highest BCUT2D eigenvalue weighted by Gasteiger charge is 2.25. The quantitative estimate of drug-likeness (QED) is 0.282. The summed E-state index contributed by atoms with van der Waals surface area (Å²) >= 11 is 0.593. The first kappa shape index (κ1) is 14.8. The van der Waals surface area contributed by atoms with Gasteiger partial charge in [-0.05, 0) is 47.4 Å². The van der Waals surface area contributed by atoms with Gasteiger partial charge in [0.2, 0.25) is 5.69 Å². The summed E-state index contributed by atoms with van der Waals surface area (Å²) in [6, 6.07) is 17.8. The van der Waals surface area contributed by atoms with Crippen LogP contribution in [-0.4, -0.2) is 0 Å². The predicted molar refractivity (Wildman–Crippen MR) is 125 cm³/mol. The van der Waals surface area contributed by atoms with Crippen LogP contribution in [0.5, 0.6) is 0 Å². The Morgan fingerprint density at radius 2 is 1.74 bits per heavy atom. The number of rotatable bonds is 2. The molecule has 0 atom stereocenters. The number of thioether (sulfide) groups is 1. The maximum absolute atomic E-state index is 15.5. The average molecular weight is 431 g/mol. The Kier molecular flexibility index (Phi) is 3.33. The Hall–Kier alpha value is -3.11. The summed E-state index contributed by atoms with van der Waals surface area (Å²) in [5.74, 6) is -0.540. The largest absolute Gasteiger partial charge is 0.454 e. The molecule has 2 nitrogen and oxygen atoms in total. The normalized spacial score (nSPS) is 18.4. The average Bonchev–Trinajstić information content (AvgIpc) is 3.25. The van der Waals surface area contributed by atoms with Gasteiger partial charge in [0.15, 0.2) is 6.20 Å². The van der Waals surface area contributed by atoms with E-state index in [9.17, 15) is 0 Å². The first-order valence-corrected chi connectivity index (χ1v) is 10.9. The molecule has 152 valence electrons. The fourth-order valence-corrected chi connectivity index (χ4v) is 5.07. The molecule has 0 amide bonds. The minimum atomic E-state index is -2.02. The lowest BCUT2D eigenvalue weighted by atomic mass is 9.94. The van der Waals surface area contributed by atoms with Crippen LogP contribution in [0.4, 0.5) is 4.39 Å².